The number of benzene rings is 1. The number of carboxylic acid groups (broad SMARTS) is 1. The topological polar surface area (TPSA) is 66.2 Å². The molecule has 1 aromatic carbocycles. The van der Waals surface area contributed by atoms with Gasteiger partial charge >= 0.3 is 5.97 Å². The molecule has 3 aromatic rings. The van der Waals surface area contributed by atoms with Gasteiger partial charge in [-0.05, 0) is 24.3 Å². The second-order valence-electron chi connectivity index (χ2n) is 4.08. The van der Waals surface area contributed by atoms with Crippen LogP contribution >= 0.6 is 11.8 Å². The Morgan fingerprint density at radius 1 is 1.26 bits per heavy atom. The second kappa shape index (κ2) is 4.85. The van der Waals surface area contributed by atoms with E-state index < -0.39 is 5.97 Å². The van der Waals surface area contributed by atoms with Crippen molar-refractivity contribution in [2.75, 3.05) is 0 Å². The molecule has 0 unspecified atom stereocenters. The Hall–Kier alpha value is -2.14. The van der Waals surface area contributed by atoms with Crippen molar-refractivity contribution in [3.8, 4) is 0 Å². The molecule has 0 aliphatic rings. The third kappa shape index (κ3) is 2.51. The van der Waals surface area contributed by atoms with Crippen LogP contribution in [0.4, 0.5) is 0 Å². The molecule has 0 saturated heterocycles. The summed E-state index contributed by atoms with van der Waals surface area (Å²) in [6.45, 7) is 0. The lowest BCUT2D eigenvalue weighted by Crippen LogP contribution is -1.91. The van der Waals surface area contributed by atoms with Gasteiger partial charge in [-0.3, -0.25) is 0 Å². The van der Waals surface area contributed by atoms with Crippen molar-refractivity contribution in [3.05, 3.63) is 54.0 Å². The average Bonchev–Trinajstić information content (AvgIpc) is 3.02. The van der Waals surface area contributed by atoms with E-state index in [-0.39, 0.29) is 5.76 Å². The van der Waals surface area contributed by atoms with Crippen molar-refractivity contribution in [3.63, 3.8) is 0 Å². The lowest BCUT2D eigenvalue weighted by molar-refractivity contribution is 0.0661. The highest BCUT2D eigenvalue weighted by Gasteiger charge is 2.09. The van der Waals surface area contributed by atoms with Gasteiger partial charge in [0.25, 0.3) is 0 Å². The fourth-order valence-corrected chi connectivity index (χ4v) is 2.69. The molecule has 0 radical (unpaired) electrons. The number of hydrogen-bond donors (Lipinski definition) is 2. The fraction of sp³-hybridized carbons (Fsp3) is 0.0714. The van der Waals surface area contributed by atoms with Crippen molar-refractivity contribution in [1.29, 1.82) is 0 Å². The van der Waals surface area contributed by atoms with E-state index in [9.17, 15) is 4.79 Å². The van der Waals surface area contributed by atoms with Crippen molar-refractivity contribution >= 4 is 28.6 Å². The van der Waals surface area contributed by atoms with Crippen LogP contribution in [0, 0.1) is 0 Å². The number of para-hydroxylation sites is 1. The van der Waals surface area contributed by atoms with Crippen LogP contribution in [0.5, 0.6) is 0 Å². The molecule has 3 rings (SSSR count). The van der Waals surface area contributed by atoms with Gasteiger partial charge < -0.3 is 14.5 Å². The molecule has 0 aliphatic carbocycles. The maximum absolute atomic E-state index is 10.7. The zero-order valence-electron chi connectivity index (χ0n) is 9.92. The van der Waals surface area contributed by atoms with Crippen molar-refractivity contribution in [2.45, 2.75) is 10.8 Å². The largest absolute Gasteiger partial charge is 0.475 e. The summed E-state index contributed by atoms with van der Waals surface area (Å²) in [5, 5.41) is 11.0. The molecular formula is C14H11NO3S. The molecule has 0 saturated carbocycles. The number of furan rings is 1. The Bertz CT molecular complexity index is 696. The molecule has 0 amide bonds. The molecule has 0 atom stereocenters. The maximum atomic E-state index is 10.7. The van der Waals surface area contributed by atoms with Crippen LogP contribution in [-0.2, 0) is 5.75 Å². The number of hydrogen-bond acceptors (Lipinski definition) is 3. The third-order valence-corrected chi connectivity index (χ3v) is 3.71. The third-order valence-electron chi connectivity index (χ3n) is 2.75. The molecule has 0 bridgehead atoms. The van der Waals surface area contributed by atoms with Gasteiger partial charge in [-0.2, -0.15) is 0 Å². The fourth-order valence-electron chi connectivity index (χ4n) is 1.84. The van der Waals surface area contributed by atoms with Crippen LogP contribution < -0.4 is 0 Å². The lowest BCUT2D eigenvalue weighted by atomic mass is 10.3. The minimum absolute atomic E-state index is 0.0211. The van der Waals surface area contributed by atoms with E-state index in [2.05, 4.69) is 11.1 Å². The van der Waals surface area contributed by atoms with Crippen molar-refractivity contribution < 1.29 is 14.3 Å². The Balaban J connectivity index is 1.72. The summed E-state index contributed by atoms with van der Waals surface area (Å²) in [7, 11) is 0. The van der Waals surface area contributed by atoms with E-state index in [0.717, 1.165) is 15.9 Å². The minimum atomic E-state index is -1.04. The van der Waals surface area contributed by atoms with Gasteiger partial charge in [-0.15, -0.1) is 11.8 Å². The number of carboxylic acids is 1. The SMILES string of the molecule is O=C(O)c1ccc(CSc2cc3ccccc3[nH]2)o1. The van der Waals surface area contributed by atoms with Crippen LogP contribution in [0.3, 0.4) is 0 Å². The molecule has 96 valence electrons. The molecule has 2 aromatic heterocycles. The number of thioether (sulfide) groups is 1. The molecule has 2 heterocycles. The van der Waals surface area contributed by atoms with Crippen LogP contribution in [0.1, 0.15) is 16.3 Å². The quantitative estimate of drug-likeness (QED) is 0.710. The number of fused-ring (bicyclic) bond motifs is 1. The van der Waals surface area contributed by atoms with Gasteiger partial charge in [-0.1, -0.05) is 18.2 Å². The molecular weight excluding hydrogens is 262 g/mol. The van der Waals surface area contributed by atoms with Gasteiger partial charge in [0, 0.05) is 10.9 Å². The van der Waals surface area contributed by atoms with Gasteiger partial charge in [0.2, 0.25) is 5.76 Å². The summed E-state index contributed by atoms with van der Waals surface area (Å²) in [5.41, 5.74) is 1.09. The van der Waals surface area contributed by atoms with Crippen LogP contribution in [0.25, 0.3) is 10.9 Å². The highest BCUT2D eigenvalue weighted by Crippen LogP contribution is 2.26. The Kier molecular flexibility index (Phi) is 3.05. The van der Waals surface area contributed by atoms with Crippen molar-refractivity contribution in [2.24, 2.45) is 0 Å². The first-order valence-electron chi connectivity index (χ1n) is 5.75. The van der Waals surface area contributed by atoms with Crippen molar-refractivity contribution in [1.82, 2.24) is 4.98 Å². The van der Waals surface area contributed by atoms with Gasteiger partial charge in [-0.25, -0.2) is 4.79 Å². The zero-order valence-corrected chi connectivity index (χ0v) is 10.7. The average molecular weight is 273 g/mol. The van der Waals surface area contributed by atoms with E-state index in [1.807, 2.05) is 24.3 Å². The summed E-state index contributed by atoms with van der Waals surface area (Å²) in [6.07, 6.45) is 0. The lowest BCUT2D eigenvalue weighted by Gasteiger charge is -1.95. The molecule has 19 heavy (non-hydrogen) atoms. The van der Waals surface area contributed by atoms with Crippen LogP contribution in [0.2, 0.25) is 0 Å². The molecule has 5 heteroatoms. The van der Waals surface area contributed by atoms with E-state index in [1.165, 1.54) is 6.07 Å². The standard InChI is InChI=1S/C14H11NO3S/c16-14(17)12-6-5-10(18-12)8-19-13-7-9-3-1-2-4-11(9)15-13/h1-7,15H,8H2,(H,16,17). The number of H-pyrrole nitrogens is 1. The van der Waals surface area contributed by atoms with Gasteiger partial charge in [0.05, 0.1) is 10.8 Å². The van der Waals surface area contributed by atoms with Gasteiger partial charge in [0.15, 0.2) is 0 Å². The molecule has 0 aliphatic heterocycles. The second-order valence-corrected chi connectivity index (χ2v) is 5.10. The predicted molar refractivity (Wildman–Crippen MR) is 73.5 cm³/mol. The smallest absolute Gasteiger partial charge is 0.371 e. The Morgan fingerprint density at radius 2 is 2.11 bits per heavy atom. The number of aromatic carboxylic acids is 1. The maximum Gasteiger partial charge on any atom is 0.371 e. The number of carbonyl (C=O) groups is 1. The predicted octanol–water partition coefficient (Wildman–Crippen LogP) is 3.75. The highest BCUT2D eigenvalue weighted by atomic mass is 32.2. The molecule has 2 N–H and O–H groups in total. The first-order chi connectivity index (χ1) is 9.22. The monoisotopic (exact) mass is 273 g/mol. The van der Waals surface area contributed by atoms with Crippen LogP contribution in [-0.4, -0.2) is 16.1 Å². The highest BCUT2D eigenvalue weighted by molar-refractivity contribution is 7.98. The van der Waals surface area contributed by atoms with Crippen LogP contribution in [0.15, 0.2) is 51.9 Å². The summed E-state index contributed by atoms with van der Waals surface area (Å²) in [5.74, 6) is 0.190. The normalized spacial score (nSPS) is 10.9. The Labute approximate surface area is 113 Å². The van der Waals surface area contributed by atoms with Gasteiger partial charge in [0.1, 0.15) is 5.76 Å². The van der Waals surface area contributed by atoms with E-state index in [0.29, 0.717) is 11.5 Å². The molecule has 0 fully saturated rings. The first-order valence-corrected chi connectivity index (χ1v) is 6.73. The Morgan fingerprint density at radius 3 is 2.84 bits per heavy atom. The van der Waals surface area contributed by atoms with E-state index in [4.69, 9.17) is 9.52 Å². The summed E-state index contributed by atoms with van der Waals surface area (Å²) >= 11 is 1.58. The first kappa shape index (κ1) is 11.9. The number of aromatic nitrogens is 1. The minimum Gasteiger partial charge on any atom is -0.475 e. The van der Waals surface area contributed by atoms with E-state index in [1.54, 1.807) is 17.8 Å². The number of nitrogens with one attached hydrogen (secondary N) is 1. The summed E-state index contributed by atoms with van der Waals surface area (Å²) < 4.78 is 5.21. The summed E-state index contributed by atoms with van der Waals surface area (Å²) in [6, 6.07) is 13.3. The molecule has 4 nitrogen and oxygen atoms in total. The molecule has 0 spiro atoms. The number of aromatic amines is 1. The van der Waals surface area contributed by atoms with E-state index >= 15 is 0 Å². The number of rotatable bonds is 4. The summed E-state index contributed by atoms with van der Waals surface area (Å²) in [4.78, 5) is 14.0. The zero-order chi connectivity index (χ0) is 13.2.